The van der Waals surface area contributed by atoms with Crippen molar-refractivity contribution in [2.24, 2.45) is 5.73 Å². The molecule has 8 nitrogen and oxygen atoms in total. The summed E-state index contributed by atoms with van der Waals surface area (Å²) >= 11 is 1.65. The van der Waals surface area contributed by atoms with Crippen molar-refractivity contribution in [1.82, 2.24) is 24.6 Å². The van der Waals surface area contributed by atoms with Crippen LogP contribution >= 0.6 is 11.3 Å². The van der Waals surface area contributed by atoms with Crippen molar-refractivity contribution in [3.05, 3.63) is 76.5 Å². The molecule has 0 spiro atoms. The zero-order valence-electron chi connectivity index (χ0n) is 17.1. The average molecular weight is 435 g/mol. The molecule has 0 bridgehead atoms. The highest BCUT2D eigenvalue weighted by molar-refractivity contribution is 7.10. The van der Waals surface area contributed by atoms with Crippen molar-refractivity contribution in [2.75, 3.05) is 20.6 Å². The van der Waals surface area contributed by atoms with Gasteiger partial charge in [0.2, 0.25) is 0 Å². The third kappa shape index (κ3) is 4.18. The number of carbonyl (C=O) groups is 2. The van der Waals surface area contributed by atoms with Crippen LogP contribution in [0.15, 0.2) is 60.2 Å². The summed E-state index contributed by atoms with van der Waals surface area (Å²) in [6, 6.07) is 15.2. The maximum atomic E-state index is 13.2. The number of benzene rings is 1. The number of thiophene rings is 1. The Morgan fingerprint density at radius 2 is 1.97 bits per heavy atom. The second kappa shape index (κ2) is 8.66. The van der Waals surface area contributed by atoms with E-state index in [0.717, 1.165) is 10.4 Å². The van der Waals surface area contributed by atoms with Gasteiger partial charge in [0.15, 0.2) is 11.3 Å². The molecule has 3 aromatic heterocycles. The molecular weight excluding hydrogens is 412 g/mol. The second-order valence-corrected chi connectivity index (χ2v) is 8.23. The number of hydrogen-bond donors (Lipinski definition) is 2. The van der Waals surface area contributed by atoms with Crippen molar-refractivity contribution in [3.63, 3.8) is 0 Å². The van der Waals surface area contributed by atoms with Gasteiger partial charge in [0, 0.05) is 17.0 Å². The number of nitrogens with two attached hydrogens (primary N) is 1. The number of rotatable bonds is 7. The lowest BCUT2D eigenvalue weighted by Gasteiger charge is -2.23. The standard InChI is InChI=1S/C22H22N6O2S/c1-27(2)17(18-9-6-10-31-18)12-24-22(30)16-11-15(14-7-4-3-5-8-14)26-21-19(20(23)29)25-13-28(16)21/h3-11,13,17H,12H2,1-2H3,(H2,23,29)(H,24,30). The van der Waals surface area contributed by atoms with Gasteiger partial charge in [-0.1, -0.05) is 36.4 Å². The number of primary amides is 1. The summed E-state index contributed by atoms with van der Waals surface area (Å²) in [4.78, 5) is 36.9. The minimum Gasteiger partial charge on any atom is -0.364 e. The third-order valence-electron chi connectivity index (χ3n) is 4.99. The lowest BCUT2D eigenvalue weighted by molar-refractivity contribution is 0.0934. The molecule has 3 N–H and O–H groups in total. The Morgan fingerprint density at radius 3 is 2.61 bits per heavy atom. The highest BCUT2D eigenvalue weighted by atomic mass is 32.1. The van der Waals surface area contributed by atoms with Crippen LogP contribution in [0.2, 0.25) is 0 Å². The van der Waals surface area contributed by atoms with E-state index in [0.29, 0.717) is 17.9 Å². The van der Waals surface area contributed by atoms with Crippen LogP contribution in [0.25, 0.3) is 16.9 Å². The van der Waals surface area contributed by atoms with Crippen LogP contribution in [0.3, 0.4) is 0 Å². The maximum absolute atomic E-state index is 13.2. The van der Waals surface area contributed by atoms with Crippen LogP contribution in [-0.2, 0) is 0 Å². The van der Waals surface area contributed by atoms with Crippen LogP contribution in [-0.4, -0.2) is 51.7 Å². The van der Waals surface area contributed by atoms with E-state index >= 15 is 0 Å². The Hall–Kier alpha value is -3.56. The first-order valence-corrected chi connectivity index (χ1v) is 10.5. The zero-order chi connectivity index (χ0) is 22.0. The van der Waals surface area contributed by atoms with Gasteiger partial charge < -0.3 is 16.0 Å². The minimum atomic E-state index is -0.697. The number of likely N-dealkylation sites (N-methyl/N-ethyl adjacent to an activating group) is 1. The summed E-state index contributed by atoms with van der Waals surface area (Å²) in [6.45, 7) is 0.425. The lowest BCUT2D eigenvalue weighted by Crippen LogP contribution is -2.35. The Kier molecular flexibility index (Phi) is 5.79. The van der Waals surface area contributed by atoms with E-state index in [2.05, 4.69) is 26.3 Å². The first-order valence-electron chi connectivity index (χ1n) is 9.67. The molecule has 9 heteroatoms. The highest BCUT2D eigenvalue weighted by Gasteiger charge is 2.21. The minimum absolute atomic E-state index is 0.0246. The highest BCUT2D eigenvalue weighted by Crippen LogP contribution is 2.24. The van der Waals surface area contributed by atoms with Gasteiger partial charge in [-0.25, -0.2) is 9.97 Å². The molecule has 2 amide bonds. The van der Waals surface area contributed by atoms with Crippen molar-refractivity contribution in [2.45, 2.75) is 6.04 Å². The molecule has 0 saturated heterocycles. The van der Waals surface area contributed by atoms with Crippen molar-refractivity contribution < 1.29 is 9.59 Å². The zero-order valence-corrected chi connectivity index (χ0v) is 18.0. The normalized spacial score (nSPS) is 12.2. The van der Waals surface area contributed by atoms with E-state index in [1.54, 1.807) is 17.4 Å². The summed E-state index contributed by atoms with van der Waals surface area (Å²) in [5.74, 6) is -0.988. The van der Waals surface area contributed by atoms with Crippen molar-refractivity contribution >= 4 is 28.8 Å². The van der Waals surface area contributed by atoms with Crippen molar-refractivity contribution in [1.29, 1.82) is 0 Å². The smallest absolute Gasteiger partial charge is 0.271 e. The summed E-state index contributed by atoms with van der Waals surface area (Å²) in [5, 5.41) is 5.03. The molecule has 0 radical (unpaired) electrons. The van der Waals surface area contributed by atoms with Gasteiger partial charge in [-0.3, -0.25) is 14.0 Å². The number of aromatic nitrogens is 3. The van der Waals surface area contributed by atoms with Crippen LogP contribution in [0, 0.1) is 0 Å². The van der Waals surface area contributed by atoms with Gasteiger partial charge in [-0.05, 0) is 31.6 Å². The molecular formula is C22H22N6O2S. The Bertz CT molecular complexity index is 1220. The quantitative estimate of drug-likeness (QED) is 0.465. The first kappa shape index (κ1) is 20.7. The molecule has 0 aliphatic rings. The van der Waals surface area contributed by atoms with E-state index in [9.17, 15) is 9.59 Å². The first-order chi connectivity index (χ1) is 15.0. The average Bonchev–Trinajstić information content (AvgIpc) is 3.43. The fourth-order valence-corrected chi connectivity index (χ4v) is 4.30. The largest absolute Gasteiger partial charge is 0.364 e. The molecule has 1 atom stereocenters. The van der Waals surface area contributed by atoms with Crippen LogP contribution < -0.4 is 11.1 Å². The van der Waals surface area contributed by atoms with Crippen molar-refractivity contribution in [3.8, 4) is 11.3 Å². The number of hydrogen-bond acceptors (Lipinski definition) is 6. The fraction of sp³-hybridized carbons (Fsp3) is 0.182. The number of fused-ring (bicyclic) bond motifs is 1. The molecule has 3 heterocycles. The molecule has 0 aliphatic carbocycles. The number of nitrogens with one attached hydrogen (secondary N) is 1. The topological polar surface area (TPSA) is 106 Å². The molecule has 31 heavy (non-hydrogen) atoms. The van der Waals surface area contributed by atoms with Gasteiger partial charge in [-0.2, -0.15) is 0 Å². The van der Waals surface area contributed by atoms with Crippen LogP contribution in [0.1, 0.15) is 31.9 Å². The molecule has 0 saturated carbocycles. The van der Waals surface area contributed by atoms with Gasteiger partial charge in [0.1, 0.15) is 12.0 Å². The summed E-state index contributed by atoms with van der Waals surface area (Å²) in [7, 11) is 3.95. The molecule has 158 valence electrons. The van der Waals surface area contributed by atoms with E-state index in [1.165, 1.54) is 10.7 Å². The fourth-order valence-electron chi connectivity index (χ4n) is 3.37. The molecule has 4 aromatic rings. The van der Waals surface area contributed by atoms with E-state index < -0.39 is 5.91 Å². The summed E-state index contributed by atoms with van der Waals surface area (Å²) < 4.78 is 1.50. The van der Waals surface area contributed by atoms with E-state index in [1.807, 2.05) is 55.9 Å². The molecule has 0 aliphatic heterocycles. The molecule has 1 aromatic carbocycles. The lowest BCUT2D eigenvalue weighted by atomic mass is 10.1. The Morgan fingerprint density at radius 1 is 1.19 bits per heavy atom. The summed E-state index contributed by atoms with van der Waals surface area (Å²) in [5.41, 5.74) is 7.45. The van der Waals surface area contributed by atoms with Gasteiger partial charge in [0.25, 0.3) is 11.8 Å². The molecule has 4 rings (SSSR count). The Balaban J connectivity index is 1.72. The summed E-state index contributed by atoms with van der Waals surface area (Å²) in [6.07, 6.45) is 1.40. The third-order valence-corrected chi connectivity index (χ3v) is 5.96. The van der Waals surface area contributed by atoms with E-state index in [-0.39, 0.29) is 23.3 Å². The van der Waals surface area contributed by atoms with Crippen LogP contribution in [0.5, 0.6) is 0 Å². The predicted molar refractivity (Wildman–Crippen MR) is 120 cm³/mol. The number of carbonyl (C=O) groups excluding carboxylic acids is 2. The van der Waals surface area contributed by atoms with Gasteiger partial charge in [-0.15, -0.1) is 11.3 Å². The number of amides is 2. The maximum Gasteiger partial charge on any atom is 0.271 e. The van der Waals surface area contributed by atoms with E-state index in [4.69, 9.17) is 5.73 Å². The van der Waals surface area contributed by atoms with Gasteiger partial charge in [0.05, 0.1) is 11.7 Å². The van der Waals surface area contributed by atoms with Crippen LogP contribution in [0.4, 0.5) is 0 Å². The number of imidazole rings is 1. The number of nitrogens with zero attached hydrogens (tertiary/aromatic N) is 4. The second-order valence-electron chi connectivity index (χ2n) is 7.25. The predicted octanol–water partition coefficient (Wildman–Crippen LogP) is 2.59. The monoisotopic (exact) mass is 434 g/mol. The van der Waals surface area contributed by atoms with Gasteiger partial charge >= 0.3 is 0 Å². The Labute approximate surface area is 183 Å². The molecule has 1 unspecified atom stereocenters. The molecule has 0 fully saturated rings. The SMILES string of the molecule is CN(C)C(CNC(=O)c1cc(-c2ccccc2)nc2c(C(N)=O)ncn12)c1cccs1.